The summed E-state index contributed by atoms with van der Waals surface area (Å²) in [5, 5.41) is 0. The Morgan fingerprint density at radius 1 is 0.955 bits per heavy atom. The van der Waals surface area contributed by atoms with Crippen molar-refractivity contribution < 1.29 is 20.9 Å². The molecule has 0 aromatic rings. The molecule has 2 heteroatoms. The Morgan fingerprint density at radius 3 is 1.27 bits per heavy atom. The molecular formula is C20H40NNb-3. The van der Waals surface area contributed by atoms with Gasteiger partial charge in [-0.25, -0.2) is 0 Å². The van der Waals surface area contributed by atoms with Gasteiger partial charge >= 0.3 is 44.1 Å². The summed E-state index contributed by atoms with van der Waals surface area (Å²) in [6, 6.07) is 0.531. The van der Waals surface area contributed by atoms with Crippen LogP contribution in [0.4, 0.5) is 0 Å². The van der Waals surface area contributed by atoms with E-state index >= 15 is 0 Å². The van der Waals surface area contributed by atoms with Crippen LogP contribution in [0.25, 0.3) is 0 Å². The van der Waals surface area contributed by atoms with Gasteiger partial charge in [0.25, 0.3) is 0 Å². The third-order valence-electron chi connectivity index (χ3n) is 3.69. The molecule has 22 heavy (non-hydrogen) atoms. The second-order valence-electron chi connectivity index (χ2n) is 6.81. The van der Waals surface area contributed by atoms with Crippen molar-refractivity contribution >= 4 is 0 Å². The Kier molecular flexibility index (Phi) is 22.1. The second kappa shape index (κ2) is 19.6. The molecule has 0 saturated heterocycles. The van der Waals surface area contributed by atoms with E-state index in [9.17, 15) is 0 Å². The normalized spacial score (nSPS) is 18.8. The Balaban J connectivity index is 0. The molecule has 0 radical (unpaired) electrons. The van der Waals surface area contributed by atoms with Gasteiger partial charge in [0.15, 0.2) is 0 Å². The van der Waals surface area contributed by atoms with E-state index in [1.807, 2.05) is 6.92 Å². The third kappa shape index (κ3) is 22.8. The van der Waals surface area contributed by atoms with Crippen molar-refractivity contribution in [1.82, 2.24) is 0 Å². The van der Waals surface area contributed by atoms with Gasteiger partial charge in [-0.15, -0.1) is 0 Å². The van der Waals surface area contributed by atoms with Crippen LogP contribution in [0.2, 0.25) is 0 Å². The number of nitrogens with zero attached hydrogens (tertiary/aromatic N) is 1. The Labute approximate surface area is 154 Å². The minimum absolute atomic E-state index is 0.531. The molecular weight excluding hydrogens is 347 g/mol. The molecule has 0 unspecified atom stereocenters. The van der Waals surface area contributed by atoms with Crippen LogP contribution in [0.3, 0.4) is 0 Å². The quantitative estimate of drug-likeness (QED) is 0.334. The zero-order valence-corrected chi connectivity index (χ0v) is 18.1. The maximum atomic E-state index is 3.94. The molecule has 2 aliphatic carbocycles. The minimum atomic E-state index is 0.531. The zero-order valence-electron chi connectivity index (χ0n) is 15.9. The van der Waals surface area contributed by atoms with Crippen molar-refractivity contribution in [2.24, 2.45) is 15.2 Å². The van der Waals surface area contributed by atoms with Crippen LogP contribution in [-0.2, 0) is 20.9 Å². The van der Waals surface area contributed by atoms with Crippen LogP contribution in [0, 0.1) is 31.6 Å². The molecule has 0 amide bonds. The molecule has 0 N–H and O–H groups in total. The van der Waals surface area contributed by atoms with Gasteiger partial charge in [0.2, 0.25) is 0 Å². The molecule has 0 aromatic heterocycles. The van der Waals surface area contributed by atoms with E-state index in [-0.39, 0.29) is 0 Å². The predicted octanol–water partition coefficient (Wildman–Crippen LogP) is 7.16. The fourth-order valence-corrected chi connectivity index (χ4v) is 2.19. The Hall–Kier alpha value is 0.540. The maximum absolute atomic E-state index is 3.94. The molecule has 0 atom stereocenters. The van der Waals surface area contributed by atoms with Crippen molar-refractivity contribution in [3.8, 4) is 0 Å². The summed E-state index contributed by atoms with van der Waals surface area (Å²) in [4.78, 5) is 0. The van der Waals surface area contributed by atoms with Crippen LogP contribution >= 0.6 is 0 Å². The molecule has 2 fully saturated rings. The van der Waals surface area contributed by atoms with E-state index in [1.54, 1.807) is 0 Å². The molecule has 0 aromatic carbocycles. The van der Waals surface area contributed by atoms with Gasteiger partial charge in [0.1, 0.15) is 0 Å². The number of hydrogen-bond acceptors (Lipinski definition) is 1. The van der Waals surface area contributed by atoms with Gasteiger partial charge < -0.3 is 19.8 Å². The molecule has 0 aliphatic heterocycles. The van der Waals surface area contributed by atoms with Crippen molar-refractivity contribution in [1.29, 1.82) is 0 Å². The van der Waals surface area contributed by atoms with E-state index in [0.29, 0.717) is 6.04 Å². The second-order valence-corrected chi connectivity index (χ2v) is 7.37. The van der Waals surface area contributed by atoms with Crippen molar-refractivity contribution in [3.63, 3.8) is 0 Å². The minimum Gasteiger partial charge on any atom is -0.344 e. The molecule has 2 rings (SSSR count). The summed E-state index contributed by atoms with van der Waals surface area (Å²) < 4.78 is 3.94. The average Bonchev–Trinajstić information content (AvgIpc) is 2.51. The molecule has 133 valence electrons. The summed E-state index contributed by atoms with van der Waals surface area (Å²) in [7, 11) is 0. The topological polar surface area (TPSA) is 12.4 Å². The van der Waals surface area contributed by atoms with E-state index in [1.165, 1.54) is 72.3 Å². The van der Waals surface area contributed by atoms with Gasteiger partial charge in [-0.3, -0.25) is 0 Å². The van der Waals surface area contributed by atoms with Gasteiger partial charge in [0, 0.05) is 0 Å². The van der Waals surface area contributed by atoms with Crippen LogP contribution in [-0.4, -0.2) is 6.04 Å². The predicted molar refractivity (Wildman–Crippen MR) is 97.1 cm³/mol. The van der Waals surface area contributed by atoms with Crippen LogP contribution in [0.15, 0.2) is 3.34 Å². The number of rotatable bonds is 1. The van der Waals surface area contributed by atoms with Crippen LogP contribution < -0.4 is 0 Å². The molecule has 2 saturated carbocycles. The third-order valence-corrected chi connectivity index (χ3v) is 4.82. The van der Waals surface area contributed by atoms with Gasteiger partial charge in [-0.05, 0) is 11.8 Å². The average molecular weight is 387 g/mol. The SMILES string of the molecule is CC(C)[N]=[Nb].CC1CC[CH-]CC1.CC1CC[CH-]CC1.[CH2-]CC. The molecule has 0 spiro atoms. The molecule has 0 heterocycles. The van der Waals surface area contributed by atoms with Gasteiger partial charge in [-0.2, -0.15) is 32.1 Å². The summed E-state index contributed by atoms with van der Waals surface area (Å²) in [6.45, 7) is 14.3. The largest absolute Gasteiger partial charge is 0.344 e. The van der Waals surface area contributed by atoms with E-state index in [0.717, 1.165) is 18.3 Å². The maximum Gasteiger partial charge on any atom is -0.0491 e. The molecule has 0 bridgehead atoms. The van der Waals surface area contributed by atoms with Crippen LogP contribution in [0.5, 0.6) is 0 Å². The van der Waals surface area contributed by atoms with E-state index in [2.05, 4.69) is 50.8 Å². The summed E-state index contributed by atoms with van der Waals surface area (Å²) in [5.41, 5.74) is 0. The summed E-state index contributed by atoms with van der Waals surface area (Å²) in [6.07, 6.45) is 17.0. The first-order valence-corrected chi connectivity index (χ1v) is 10.2. The van der Waals surface area contributed by atoms with Gasteiger partial charge in [0.05, 0.1) is 0 Å². The van der Waals surface area contributed by atoms with E-state index in [4.69, 9.17) is 0 Å². The monoisotopic (exact) mass is 387 g/mol. The first-order valence-electron chi connectivity index (χ1n) is 9.24. The molecule has 2 aliphatic rings. The standard InChI is InChI=1S/2C7H13.C3H7N.C3H7.Nb/c2*1-7-5-3-2-4-6-7;1-3(2)4;1-3-2;/h2*2,7H,3-6H2,1H3;3H,1-2H3;1,3H2,2H3;/q2*-1;;-1;. The fraction of sp³-hybridized carbons (Fsp3) is 0.850. The zero-order chi connectivity index (χ0) is 17.2. The van der Waals surface area contributed by atoms with Gasteiger partial charge in [-0.1, -0.05) is 46.5 Å². The Morgan fingerprint density at radius 2 is 1.18 bits per heavy atom. The van der Waals surface area contributed by atoms with Crippen LogP contribution in [0.1, 0.15) is 92.4 Å². The first kappa shape index (κ1) is 24.8. The van der Waals surface area contributed by atoms with E-state index < -0.39 is 0 Å². The number of hydrogen-bond donors (Lipinski definition) is 0. The Bertz CT molecular complexity index is 188. The summed E-state index contributed by atoms with van der Waals surface area (Å²) in [5.74, 6) is 2.01. The summed E-state index contributed by atoms with van der Waals surface area (Å²) >= 11 is 1.53. The fourth-order valence-electron chi connectivity index (χ4n) is 2.19. The molecule has 1 nitrogen and oxygen atoms in total. The van der Waals surface area contributed by atoms with Crippen molar-refractivity contribution in [2.75, 3.05) is 0 Å². The first-order chi connectivity index (χ1) is 10.5. The smallest absolute Gasteiger partial charge is 0.0491 e. The van der Waals surface area contributed by atoms with Crippen molar-refractivity contribution in [2.45, 2.75) is 98.4 Å². The van der Waals surface area contributed by atoms with Crippen molar-refractivity contribution in [3.05, 3.63) is 19.8 Å².